The molecule has 28 heavy (non-hydrogen) atoms. The number of carbonyl (C=O) groups excluding carboxylic acids is 1. The first-order chi connectivity index (χ1) is 13.7. The van der Waals surface area contributed by atoms with E-state index in [4.69, 9.17) is 4.98 Å². The van der Waals surface area contributed by atoms with E-state index in [-0.39, 0.29) is 11.9 Å². The van der Waals surface area contributed by atoms with Gasteiger partial charge in [-0.1, -0.05) is 60.7 Å². The van der Waals surface area contributed by atoms with Crippen LogP contribution in [0.2, 0.25) is 0 Å². The maximum Gasteiger partial charge on any atom is 0.231 e. The molecule has 1 N–H and O–H groups in total. The van der Waals surface area contributed by atoms with Gasteiger partial charge in [0.25, 0.3) is 0 Å². The second-order valence-corrected chi connectivity index (χ2v) is 7.58. The quantitative estimate of drug-likeness (QED) is 0.493. The SMILES string of the molecule is Cn1c(C(NC(=O)CSc2ccccc2)c2ccccc2)nc2ccccc21. The molecular formula is C23H21N3OS. The Morgan fingerprint density at radius 2 is 1.61 bits per heavy atom. The van der Waals surface area contributed by atoms with E-state index in [1.165, 1.54) is 11.8 Å². The molecule has 1 aromatic heterocycles. The second-order valence-electron chi connectivity index (χ2n) is 6.53. The van der Waals surface area contributed by atoms with Gasteiger partial charge < -0.3 is 9.88 Å². The van der Waals surface area contributed by atoms with Crippen LogP contribution >= 0.6 is 11.8 Å². The number of imidazole rings is 1. The van der Waals surface area contributed by atoms with Crippen molar-refractivity contribution >= 4 is 28.7 Å². The topological polar surface area (TPSA) is 46.9 Å². The largest absolute Gasteiger partial charge is 0.341 e. The molecule has 4 aromatic rings. The van der Waals surface area contributed by atoms with Crippen molar-refractivity contribution < 1.29 is 4.79 Å². The van der Waals surface area contributed by atoms with E-state index in [0.29, 0.717) is 5.75 Å². The van der Waals surface area contributed by atoms with Crippen LogP contribution in [0.4, 0.5) is 0 Å². The summed E-state index contributed by atoms with van der Waals surface area (Å²) >= 11 is 1.53. The lowest BCUT2D eigenvalue weighted by Gasteiger charge is -2.19. The first kappa shape index (κ1) is 18.3. The predicted octanol–water partition coefficient (Wildman–Crippen LogP) is 4.57. The van der Waals surface area contributed by atoms with E-state index >= 15 is 0 Å². The summed E-state index contributed by atoms with van der Waals surface area (Å²) in [5, 5.41) is 3.18. The molecule has 140 valence electrons. The Kier molecular flexibility index (Phi) is 5.44. The van der Waals surface area contributed by atoms with Gasteiger partial charge >= 0.3 is 0 Å². The van der Waals surface area contributed by atoms with E-state index in [1.54, 1.807) is 0 Å². The highest BCUT2D eigenvalue weighted by atomic mass is 32.2. The fourth-order valence-electron chi connectivity index (χ4n) is 3.23. The fraction of sp³-hybridized carbons (Fsp3) is 0.130. The van der Waals surface area contributed by atoms with Crippen LogP contribution in [0.25, 0.3) is 11.0 Å². The molecule has 0 aliphatic carbocycles. The third kappa shape index (κ3) is 3.94. The summed E-state index contributed by atoms with van der Waals surface area (Å²) in [6.45, 7) is 0. The van der Waals surface area contributed by atoms with Crippen molar-refractivity contribution in [3.05, 3.63) is 96.3 Å². The minimum Gasteiger partial charge on any atom is -0.341 e. The number of nitrogens with zero attached hydrogens (tertiary/aromatic N) is 2. The summed E-state index contributed by atoms with van der Waals surface area (Å²) in [5.74, 6) is 1.16. The Hall–Kier alpha value is -3.05. The number of rotatable bonds is 6. The molecule has 1 unspecified atom stereocenters. The van der Waals surface area contributed by atoms with Crippen LogP contribution in [0, 0.1) is 0 Å². The summed E-state index contributed by atoms with van der Waals surface area (Å²) in [6.07, 6.45) is 0. The maximum atomic E-state index is 12.7. The van der Waals surface area contributed by atoms with Gasteiger partial charge in [0.2, 0.25) is 5.91 Å². The van der Waals surface area contributed by atoms with Crippen LogP contribution in [-0.4, -0.2) is 21.2 Å². The van der Waals surface area contributed by atoms with Gasteiger partial charge in [-0.3, -0.25) is 4.79 Å². The van der Waals surface area contributed by atoms with Crippen molar-refractivity contribution in [3.63, 3.8) is 0 Å². The Labute approximate surface area is 168 Å². The summed E-state index contributed by atoms with van der Waals surface area (Å²) in [7, 11) is 1.99. The number of benzene rings is 3. The number of hydrogen-bond acceptors (Lipinski definition) is 3. The maximum absolute atomic E-state index is 12.7. The highest BCUT2D eigenvalue weighted by molar-refractivity contribution is 8.00. The molecule has 0 fully saturated rings. The van der Waals surface area contributed by atoms with Gasteiger partial charge in [-0.05, 0) is 29.8 Å². The smallest absolute Gasteiger partial charge is 0.231 e. The standard InChI is InChI=1S/C23H21N3OS/c1-26-20-15-9-8-14-19(20)24-23(26)22(17-10-4-2-5-11-17)25-21(27)16-28-18-12-6-3-7-13-18/h2-15,22H,16H2,1H3,(H,25,27). The summed E-state index contributed by atoms with van der Waals surface area (Å²) in [5.41, 5.74) is 2.99. The van der Waals surface area contributed by atoms with Crippen molar-refractivity contribution in [1.82, 2.24) is 14.9 Å². The Balaban J connectivity index is 1.61. The lowest BCUT2D eigenvalue weighted by molar-refractivity contribution is -0.119. The van der Waals surface area contributed by atoms with Gasteiger partial charge in [0.1, 0.15) is 11.9 Å². The van der Waals surface area contributed by atoms with Crippen LogP contribution in [-0.2, 0) is 11.8 Å². The summed E-state index contributed by atoms with van der Waals surface area (Å²) in [4.78, 5) is 18.6. The highest BCUT2D eigenvalue weighted by Gasteiger charge is 2.22. The summed E-state index contributed by atoms with van der Waals surface area (Å²) in [6, 6.07) is 27.7. The Morgan fingerprint density at radius 3 is 2.32 bits per heavy atom. The molecule has 1 heterocycles. The van der Waals surface area contributed by atoms with Gasteiger partial charge in [0.15, 0.2) is 0 Å². The van der Waals surface area contributed by atoms with Gasteiger partial charge in [0.05, 0.1) is 16.8 Å². The first-order valence-corrected chi connectivity index (χ1v) is 10.1. The third-order valence-electron chi connectivity index (χ3n) is 4.63. The molecule has 4 rings (SSSR count). The molecule has 0 saturated heterocycles. The van der Waals surface area contributed by atoms with Gasteiger partial charge in [-0.2, -0.15) is 0 Å². The molecule has 0 saturated carbocycles. The molecular weight excluding hydrogens is 366 g/mol. The van der Waals surface area contributed by atoms with Crippen LogP contribution in [0.15, 0.2) is 89.8 Å². The molecule has 0 bridgehead atoms. The number of aryl methyl sites for hydroxylation is 1. The average Bonchev–Trinajstić information content (AvgIpc) is 3.08. The molecule has 0 aliphatic rings. The lowest BCUT2D eigenvalue weighted by atomic mass is 10.1. The number of carbonyl (C=O) groups is 1. The Morgan fingerprint density at radius 1 is 0.964 bits per heavy atom. The zero-order valence-corrected chi connectivity index (χ0v) is 16.4. The number of aromatic nitrogens is 2. The van der Waals surface area contributed by atoms with Crippen LogP contribution < -0.4 is 5.32 Å². The third-order valence-corrected chi connectivity index (χ3v) is 5.64. The fourth-order valence-corrected chi connectivity index (χ4v) is 3.96. The summed E-state index contributed by atoms with van der Waals surface area (Å²) < 4.78 is 2.05. The Bertz CT molecular complexity index is 1080. The normalized spacial score (nSPS) is 12.0. The molecule has 5 heteroatoms. The molecule has 3 aromatic carbocycles. The van der Waals surface area contributed by atoms with Gasteiger partial charge in [-0.25, -0.2) is 4.98 Å². The molecule has 4 nitrogen and oxygen atoms in total. The molecule has 0 spiro atoms. The highest BCUT2D eigenvalue weighted by Crippen LogP contribution is 2.25. The minimum atomic E-state index is -0.303. The van der Waals surface area contributed by atoms with E-state index in [1.807, 2.05) is 92.0 Å². The zero-order chi connectivity index (χ0) is 19.3. The minimum absolute atomic E-state index is 0.0187. The van der Waals surface area contributed by atoms with E-state index < -0.39 is 0 Å². The number of thioether (sulfide) groups is 1. The predicted molar refractivity (Wildman–Crippen MR) is 114 cm³/mol. The number of amides is 1. The van der Waals surface area contributed by atoms with Crippen molar-refractivity contribution in [1.29, 1.82) is 0 Å². The number of hydrogen-bond donors (Lipinski definition) is 1. The van der Waals surface area contributed by atoms with Crippen molar-refractivity contribution in [2.45, 2.75) is 10.9 Å². The van der Waals surface area contributed by atoms with Gasteiger partial charge in [0, 0.05) is 11.9 Å². The molecule has 0 aliphatic heterocycles. The molecule has 1 amide bonds. The second kappa shape index (κ2) is 8.31. The van der Waals surface area contributed by atoms with Crippen molar-refractivity contribution in [2.24, 2.45) is 7.05 Å². The van der Waals surface area contributed by atoms with E-state index in [0.717, 1.165) is 27.3 Å². The first-order valence-electron chi connectivity index (χ1n) is 9.16. The van der Waals surface area contributed by atoms with Crippen molar-refractivity contribution in [2.75, 3.05) is 5.75 Å². The van der Waals surface area contributed by atoms with Crippen LogP contribution in [0.5, 0.6) is 0 Å². The van der Waals surface area contributed by atoms with Gasteiger partial charge in [-0.15, -0.1) is 11.8 Å². The lowest BCUT2D eigenvalue weighted by Crippen LogP contribution is -2.32. The van der Waals surface area contributed by atoms with E-state index in [9.17, 15) is 4.79 Å². The average molecular weight is 388 g/mol. The van der Waals surface area contributed by atoms with E-state index in [2.05, 4.69) is 9.88 Å². The van der Waals surface area contributed by atoms with Crippen LogP contribution in [0.1, 0.15) is 17.4 Å². The molecule has 1 atom stereocenters. The number of para-hydroxylation sites is 2. The molecule has 0 radical (unpaired) electrons. The number of fused-ring (bicyclic) bond motifs is 1. The zero-order valence-electron chi connectivity index (χ0n) is 15.6. The van der Waals surface area contributed by atoms with Crippen molar-refractivity contribution in [3.8, 4) is 0 Å². The van der Waals surface area contributed by atoms with Crippen LogP contribution in [0.3, 0.4) is 0 Å². The monoisotopic (exact) mass is 387 g/mol. The number of nitrogens with one attached hydrogen (secondary N) is 1.